The number of aromatic nitrogens is 1. The highest BCUT2D eigenvalue weighted by Crippen LogP contribution is 2.36. The molecule has 8 heteroatoms. The van der Waals surface area contributed by atoms with Crippen LogP contribution in [0.4, 0.5) is 5.82 Å². The fraction of sp³-hybridized carbons (Fsp3) is 0.588. The summed E-state index contributed by atoms with van der Waals surface area (Å²) in [4.78, 5) is 31.5. The van der Waals surface area contributed by atoms with Crippen molar-refractivity contribution in [2.75, 3.05) is 11.9 Å². The van der Waals surface area contributed by atoms with E-state index >= 15 is 0 Å². The maximum Gasteiger partial charge on any atom is 0.230 e. The van der Waals surface area contributed by atoms with Gasteiger partial charge in [0, 0.05) is 35.9 Å². The average molecular weight is 408 g/mol. The molecule has 5 atom stereocenters. The smallest absolute Gasteiger partial charge is 0.230 e. The molecule has 4 rings (SSSR count). The van der Waals surface area contributed by atoms with Gasteiger partial charge in [-0.3, -0.25) is 15.0 Å². The van der Waals surface area contributed by atoms with E-state index in [9.17, 15) is 9.59 Å². The Morgan fingerprint density at radius 1 is 1.32 bits per heavy atom. The van der Waals surface area contributed by atoms with Crippen LogP contribution in [0.3, 0.4) is 0 Å². The summed E-state index contributed by atoms with van der Waals surface area (Å²) >= 11 is 3.69. The lowest BCUT2D eigenvalue weighted by Gasteiger charge is -2.34. The van der Waals surface area contributed by atoms with Gasteiger partial charge < -0.3 is 10.2 Å². The van der Waals surface area contributed by atoms with Crippen molar-refractivity contribution in [1.29, 1.82) is 0 Å². The topological polar surface area (TPSA) is 86.4 Å². The van der Waals surface area contributed by atoms with E-state index in [1.807, 2.05) is 11.0 Å². The number of hydrogen-bond donors (Lipinski definition) is 3. The van der Waals surface area contributed by atoms with Crippen molar-refractivity contribution < 1.29 is 9.59 Å². The summed E-state index contributed by atoms with van der Waals surface area (Å²) in [6, 6.07) is 5.74. The van der Waals surface area contributed by atoms with Crippen molar-refractivity contribution in [3.63, 3.8) is 0 Å². The number of nitrogens with zero attached hydrogens (tertiary/aromatic N) is 2. The molecule has 3 aliphatic rings. The van der Waals surface area contributed by atoms with Gasteiger partial charge in [-0.2, -0.15) is 0 Å². The van der Waals surface area contributed by atoms with Crippen molar-refractivity contribution in [2.45, 2.75) is 42.7 Å². The summed E-state index contributed by atoms with van der Waals surface area (Å²) < 4.78 is 0. The second-order valence-corrected chi connectivity index (χ2v) is 8.36. The highest BCUT2D eigenvalue weighted by Gasteiger charge is 2.47. The van der Waals surface area contributed by atoms with Gasteiger partial charge in [0.1, 0.15) is 5.82 Å². The van der Waals surface area contributed by atoms with E-state index in [2.05, 4.69) is 37.1 Å². The van der Waals surface area contributed by atoms with E-state index in [-0.39, 0.29) is 30.3 Å². The summed E-state index contributed by atoms with van der Waals surface area (Å²) in [7, 11) is 0. The Labute approximate surface area is 155 Å². The van der Waals surface area contributed by atoms with Gasteiger partial charge >= 0.3 is 0 Å². The Morgan fingerprint density at radius 2 is 2.20 bits per heavy atom. The van der Waals surface area contributed by atoms with Crippen molar-refractivity contribution in [1.82, 2.24) is 20.7 Å². The number of halogens is 1. The number of carbonyl (C=O) groups excluding carboxylic acids is 2. The number of anilines is 1. The van der Waals surface area contributed by atoms with E-state index in [1.165, 1.54) is 0 Å². The quantitative estimate of drug-likeness (QED) is 0.656. The van der Waals surface area contributed by atoms with Crippen LogP contribution in [-0.4, -0.2) is 45.3 Å². The third-order valence-electron chi connectivity index (χ3n) is 5.44. The molecule has 1 saturated carbocycles. The van der Waals surface area contributed by atoms with Crippen LogP contribution >= 0.6 is 15.9 Å². The first-order valence-electron chi connectivity index (χ1n) is 8.78. The SMILES string of the molecule is O=C(Nc1ccccn1)C1CC(=O)N(C2NNC3CC(Br)CCC32)C1. The van der Waals surface area contributed by atoms with Crippen LogP contribution in [-0.2, 0) is 9.59 Å². The number of carbonyl (C=O) groups is 2. The van der Waals surface area contributed by atoms with Crippen molar-refractivity contribution in [3.05, 3.63) is 24.4 Å². The Kier molecular flexibility index (Phi) is 4.75. The van der Waals surface area contributed by atoms with Gasteiger partial charge in [-0.15, -0.1) is 0 Å². The first-order chi connectivity index (χ1) is 12.1. The standard InChI is InChI=1S/C17H22BrN5O2/c18-11-4-5-12-13(8-11)21-22-16(12)23-9-10(7-15(23)24)17(25)20-14-3-1-2-6-19-14/h1-3,6,10-13,16,21-22H,4-5,7-9H2,(H,19,20,25). The molecule has 7 nitrogen and oxygen atoms in total. The van der Waals surface area contributed by atoms with E-state index in [1.54, 1.807) is 18.3 Å². The van der Waals surface area contributed by atoms with Crippen LogP contribution in [0.1, 0.15) is 25.7 Å². The lowest BCUT2D eigenvalue weighted by atomic mass is 9.84. The molecular formula is C17H22BrN5O2. The summed E-state index contributed by atoms with van der Waals surface area (Å²) in [6.07, 6.45) is 5.11. The molecule has 3 heterocycles. The molecule has 5 unspecified atom stereocenters. The Bertz CT molecular complexity index is 658. The molecule has 0 bridgehead atoms. The van der Waals surface area contributed by atoms with Crippen molar-refractivity contribution in [2.24, 2.45) is 11.8 Å². The summed E-state index contributed by atoms with van der Waals surface area (Å²) in [6.45, 7) is 0.456. The zero-order chi connectivity index (χ0) is 17.4. The van der Waals surface area contributed by atoms with Gasteiger partial charge in [0.25, 0.3) is 0 Å². The number of hydrazine groups is 1. The van der Waals surface area contributed by atoms with Crippen LogP contribution < -0.4 is 16.2 Å². The van der Waals surface area contributed by atoms with Crippen molar-refractivity contribution in [3.8, 4) is 0 Å². The Hall–Kier alpha value is -1.51. The fourth-order valence-corrected chi connectivity index (χ4v) is 4.80. The second kappa shape index (κ2) is 7.01. The molecule has 3 fully saturated rings. The molecule has 1 aromatic heterocycles. The summed E-state index contributed by atoms with van der Waals surface area (Å²) in [5, 5.41) is 2.81. The summed E-state index contributed by atoms with van der Waals surface area (Å²) in [5.41, 5.74) is 6.63. The zero-order valence-electron chi connectivity index (χ0n) is 13.8. The molecule has 0 radical (unpaired) electrons. The molecule has 0 aromatic carbocycles. The molecule has 1 aliphatic carbocycles. The molecule has 2 amide bonds. The lowest BCUT2D eigenvalue weighted by molar-refractivity contribution is -0.131. The molecule has 3 N–H and O–H groups in total. The molecule has 134 valence electrons. The number of amides is 2. The van der Waals surface area contributed by atoms with Crippen molar-refractivity contribution >= 4 is 33.6 Å². The number of pyridine rings is 1. The van der Waals surface area contributed by atoms with Crippen LogP contribution in [0.2, 0.25) is 0 Å². The molecule has 25 heavy (non-hydrogen) atoms. The van der Waals surface area contributed by atoms with E-state index in [4.69, 9.17) is 0 Å². The average Bonchev–Trinajstić information content (AvgIpc) is 3.18. The van der Waals surface area contributed by atoms with Gasteiger partial charge in [-0.1, -0.05) is 22.0 Å². The fourth-order valence-electron chi connectivity index (χ4n) is 4.14. The number of rotatable bonds is 3. The van der Waals surface area contributed by atoms with Crippen LogP contribution in [0.25, 0.3) is 0 Å². The van der Waals surface area contributed by atoms with Gasteiger partial charge in [0.15, 0.2) is 0 Å². The third-order valence-corrected chi connectivity index (χ3v) is 6.27. The van der Waals surface area contributed by atoms with Gasteiger partial charge in [0.05, 0.1) is 12.1 Å². The Morgan fingerprint density at radius 3 is 3.00 bits per heavy atom. The molecule has 2 saturated heterocycles. The number of hydrogen-bond acceptors (Lipinski definition) is 5. The van der Waals surface area contributed by atoms with E-state index < -0.39 is 0 Å². The predicted molar refractivity (Wildman–Crippen MR) is 96.6 cm³/mol. The molecule has 1 aromatic rings. The van der Waals surface area contributed by atoms with Gasteiger partial charge in [-0.25, -0.2) is 10.4 Å². The predicted octanol–water partition coefficient (Wildman–Crippen LogP) is 1.23. The lowest BCUT2D eigenvalue weighted by Crippen LogP contribution is -2.48. The minimum atomic E-state index is -0.331. The normalized spacial score (nSPS) is 34.8. The molecular weight excluding hydrogens is 386 g/mol. The minimum absolute atomic E-state index is 0.0230. The van der Waals surface area contributed by atoms with E-state index in [0.717, 1.165) is 19.3 Å². The molecule has 2 aliphatic heterocycles. The van der Waals surface area contributed by atoms with Crippen LogP contribution in [0, 0.1) is 11.8 Å². The van der Waals surface area contributed by atoms with Crippen LogP contribution in [0.5, 0.6) is 0 Å². The van der Waals surface area contributed by atoms with Gasteiger partial charge in [-0.05, 0) is 31.4 Å². The van der Waals surface area contributed by atoms with Crippen LogP contribution in [0.15, 0.2) is 24.4 Å². The Balaban J connectivity index is 1.40. The molecule has 0 spiro atoms. The maximum atomic E-state index is 12.5. The number of nitrogens with one attached hydrogen (secondary N) is 3. The first-order valence-corrected chi connectivity index (χ1v) is 9.70. The summed E-state index contributed by atoms with van der Waals surface area (Å²) in [5.74, 6) is 0.497. The number of likely N-dealkylation sites (tertiary alicyclic amines) is 1. The highest BCUT2D eigenvalue weighted by molar-refractivity contribution is 9.09. The third kappa shape index (κ3) is 3.43. The monoisotopic (exact) mass is 407 g/mol. The highest BCUT2D eigenvalue weighted by atomic mass is 79.9. The largest absolute Gasteiger partial charge is 0.325 e. The zero-order valence-corrected chi connectivity index (χ0v) is 15.4. The first kappa shape index (κ1) is 16.9. The second-order valence-electron chi connectivity index (χ2n) is 7.07. The van der Waals surface area contributed by atoms with E-state index in [0.29, 0.717) is 29.1 Å². The number of fused-ring (bicyclic) bond motifs is 1. The minimum Gasteiger partial charge on any atom is -0.325 e. The van der Waals surface area contributed by atoms with Gasteiger partial charge in [0.2, 0.25) is 11.8 Å². The maximum absolute atomic E-state index is 12.5. The number of alkyl halides is 1.